The number of aliphatic hydroxyl groups is 2. The minimum atomic E-state index is -1.40. The topological polar surface area (TPSA) is 166 Å². The normalized spacial score (nSPS) is 37.0. The molecule has 2 rings (SSSR count). The van der Waals surface area contributed by atoms with Crippen LogP contribution in [0.15, 0.2) is 0 Å². The Balaban J connectivity index is 2.32. The number of hydrogen-bond acceptors (Lipinski definition) is 13. The van der Waals surface area contributed by atoms with E-state index in [-0.39, 0.29) is 6.61 Å². The molecule has 0 unspecified atom stereocenters. The molecule has 0 amide bonds. The zero-order valence-electron chi connectivity index (χ0n) is 18.5. The lowest BCUT2D eigenvalue weighted by Gasteiger charge is -2.44. The fourth-order valence-electron chi connectivity index (χ4n) is 3.67. The lowest BCUT2D eigenvalue weighted by Crippen LogP contribution is -2.61. The maximum atomic E-state index is 11.7. The molecular weight excluding hydrogens is 436 g/mol. The van der Waals surface area contributed by atoms with Crippen molar-refractivity contribution in [1.82, 2.24) is 0 Å². The number of esters is 3. The lowest BCUT2D eigenvalue weighted by atomic mass is 9.98. The van der Waals surface area contributed by atoms with E-state index in [4.69, 9.17) is 37.9 Å². The molecule has 32 heavy (non-hydrogen) atoms. The summed E-state index contributed by atoms with van der Waals surface area (Å²) in [6, 6.07) is 0. The summed E-state index contributed by atoms with van der Waals surface area (Å²) in [4.78, 5) is 34.6. The second kappa shape index (κ2) is 11.8. The van der Waals surface area contributed by atoms with Gasteiger partial charge in [0.15, 0.2) is 24.8 Å². The molecule has 13 heteroatoms. The molecule has 2 aliphatic heterocycles. The molecule has 0 aromatic heterocycles. The highest BCUT2D eigenvalue weighted by molar-refractivity contribution is 5.67. The fraction of sp³-hybridized carbons (Fsp3) is 0.842. The molecule has 0 spiro atoms. The first-order valence-electron chi connectivity index (χ1n) is 9.91. The minimum absolute atomic E-state index is 0.303. The molecule has 13 nitrogen and oxygen atoms in total. The highest BCUT2D eigenvalue weighted by Crippen LogP contribution is 2.33. The Kier molecular flexibility index (Phi) is 9.76. The van der Waals surface area contributed by atoms with Crippen LogP contribution >= 0.6 is 0 Å². The Morgan fingerprint density at radius 1 is 0.781 bits per heavy atom. The van der Waals surface area contributed by atoms with Gasteiger partial charge in [-0.25, -0.2) is 0 Å². The van der Waals surface area contributed by atoms with Crippen LogP contribution in [-0.2, 0) is 52.3 Å². The van der Waals surface area contributed by atoms with Gasteiger partial charge in [-0.3, -0.25) is 14.4 Å². The first-order chi connectivity index (χ1) is 15.1. The number of methoxy groups -OCH3 is 2. The third-order valence-electron chi connectivity index (χ3n) is 4.95. The van der Waals surface area contributed by atoms with Crippen LogP contribution in [0, 0.1) is 0 Å². The standard InChI is InChI=1S/C19H30O13/c1-8(21)27-7-12-14(28-9(2)22)17(29-10(3)23)19(31-12)32-13-11(6-20)30-18(24)16(26-5)15(13)25-4/h11-20,24H,6-7H2,1-5H3/t11-,12-,13-,14-,15+,16-,17+,18+,19-/m1/s1. The van der Waals surface area contributed by atoms with Crippen LogP contribution in [0.4, 0.5) is 0 Å². The molecule has 2 fully saturated rings. The fourth-order valence-corrected chi connectivity index (χ4v) is 3.67. The van der Waals surface area contributed by atoms with E-state index in [0.717, 1.165) is 13.8 Å². The maximum Gasteiger partial charge on any atom is 0.303 e. The van der Waals surface area contributed by atoms with Crippen LogP contribution in [-0.4, -0.2) is 111 Å². The van der Waals surface area contributed by atoms with Crippen LogP contribution in [0.25, 0.3) is 0 Å². The summed E-state index contributed by atoms with van der Waals surface area (Å²) >= 11 is 0. The molecule has 184 valence electrons. The largest absolute Gasteiger partial charge is 0.463 e. The molecule has 2 heterocycles. The number of rotatable bonds is 9. The summed E-state index contributed by atoms with van der Waals surface area (Å²) in [6.45, 7) is 2.65. The smallest absolute Gasteiger partial charge is 0.303 e. The lowest BCUT2D eigenvalue weighted by molar-refractivity contribution is -0.327. The van der Waals surface area contributed by atoms with Crippen LogP contribution in [0.5, 0.6) is 0 Å². The van der Waals surface area contributed by atoms with Gasteiger partial charge in [0.25, 0.3) is 0 Å². The Hall–Kier alpha value is -1.87. The Morgan fingerprint density at radius 2 is 1.38 bits per heavy atom. The van der Waals surface area contributed by atoms with E-state index in [1.54, 1.807) is 0 Å². The summed E-state index contributed by atoms with van der Waals surface area (Å²) in [5, 5.41) is 19.9. The van der Waals surface area contributed by atoms with E-state index in [9.17, 15) is 24.6 Å². The molecule has 0 saturated carbocycles. The zero-order chi connectivity index (χ0) is 24.0. The van der Waals surface area contributed by atoms with Crippen molar-refractivity contribution in [1.29, 1.82) is 0 Å². The van der Waals surface area contributed by atoms with Crippen molar-refractivity contribution in [2.45, 2.75) is 76.1 Å². The quantitative estimate of drug-likeness (QED) is 0.291. The van der Waals surface area contributed by atoms with E-state index in [1.165, 1.54) is 21.1 Å². The van der Waals surface area contributed by atoms with Gasteiger partial charge in [0.1, 0.15) is 37.1 Å². The van der Waals surface area contributed by atoms with Crippen molar-refractivity contribution in [2.75, 3.05) is 27.4 Å². The molecule has 0 radical (unpaired) electrons. The van der Waals surface area contributed by atoms with Crippen molar-refractivity contribution in [3.63, 3.8) is 0 Å². The molecule has 0 aromatic rings. The number of ether oxygens (including phenoxy) is 8. The summed E-state index contributed by atoms with van der Waals surface area (Å²) in [5.41, 5.74) is 0. The molecule has 2 saturated heterocycles. The Labute approximate surface area is 184 Å². The second-order valence-electron chi connectivity index (χ2n) is 7.24. The van der Waals surface area contributed by atoms with E-state index in [2.05, 4.69) is 0 Å². The highest BCUT2D eigenvalue weighted by atomic mass is 16.8. The van der Waals surface area contributed by atoms with Crippen molar-refractivity contribution in [3.05, 3.63) is 0 Å². The molecule has 2 N–H and O–H groups in total. The van der Waals surface area contributed by atoms with Crippen molar-refractivity contribution < 1.29 is 62.5 Å². The van der Waals surface area contributed by atoms with Crippen molar-refractivity contribution in [2.24, 2.45) is 0 Å². The summed E-state index contributed by atoms with van der Waals surface area (Å²) < 4.78 is 43.3. The first-order valence-corrected chi connectivity index (χ1v) is 9.91. The number of carbonyl (C=O) groups is 3. The Bertz CT molecular complexity index is 655. The van der Waals surface area contributed by atoms with Crippen molar-refractivity contribution >= 4 is 17.9 Å². The number of aliphatic hydroxyl groups excluding tert-OH is 2. The van der Waals surface area contributed by atoms with E-state index in [0.29, 0.717) is 0 Å². The molecule has 0 bridgehead atoms. The third kappa shape index (κ3) is 6.34. The van der Waals surface area contributed by atoms with Gasteiger partial charge in [-0.05, 0) is 0 Å². The van der Waals surface area contributed by atoms with Gasteiger partial charge in [0.2, 0.25) is 0 Å². The van der Waals surface area contributed by atoms with Crippen LogP contribution in [0.1, 0.15) is 20.8 Å². The average molecular weight is 466 g/mol. The summed E-state index contributed by atoms with van der Waals surface area (Å²) in [5.74, 6) is -1.98. The van der Waals surface area contributed by atoms with E-state index >= 15 is 0 Å². The Morgan fingerprint density at radius 3 is 1.88 bits per heavy atom. The SMILES string of the molecule is CO[C@@H]1[C@@H](OC)[C@@H](O)O[C@H](CO)[C@H]1O[C@H]1O[C@H](COC(C)=O)[C@@H](OC(C)=O)[C@@H]1OC(C)=O. The average Bonchev–Trinajstić information content (AvgIpc) is 3.01. The number of hydrogen-bond donors (Lipinski definition) is 2. The minimum Gasteiger partial charge on any atom is -0.463 e. The summed E-state index contributed by atoms with van der Waals surface area (Å²) in [6.07, 6.45) is -10.1. The highest BCUT2D eigenvalue weighted by Gasteiger charge is 2.54. The second-order valence-corrected chi connectivity index (χ2v) is 7.24. The molecule has 0 aromatic carbocycles. The maximum absolute atomic E-state index is 11.7. The van der Waals surface area contributed by atoms with Gasteiger partial charge in [-0.15, -0.1) is 0 Å². The van der Waals surface area contributed by atoms with Gasteiger partial charge in [0.05, 0.1) is 6.61 Å². The molecular formula is C19H30O13. The van der Waals surface area contributed by atoms with Crippen LogP contribution < -0.4 is 0 Å². The van der Waals surface area contributed by atoms with Gasteiger partial charge in [-0.1, -0.05) is 0 Å². The first kappa shape index (κ1) is 26.4. The van der Waals surface area contributed by atoms with Crippen molar-refractivity contribution in [3.8, 4) is 0 Å². The van der Waals surface area contributed by atoms with Gasteiger partial charge in [-0.2, -0.15) is 0 Å². The predicted molar refractivity (Wildman–Crippen MR) is 101 cm³/mol. The van der Waals surface area contributed by atoms with Gasteiger partial charge in [0, 0.05) is 35.0 Å². The number of carbonyl (C=O) groups excluding carboxylic acids is 3. The van der Waals surface area contributed by atoms with Gasteiger partial charge < -0.3 is 48.1 Å². The van der Waals surface area contributed by atoms with Crippen LogP contribution in [0.3, 0.4) is 0 Å². The molecule has 9 atom stereocenters. The molecule has 2 aliphatic rings. The monoisotopic (exact) mass is 466 g/mol. The predicted octanol–water partition coefficient (Wildman–Crippen LogP) is -1.74. The van der Waals surface area contributed by atoms with E-state index < -0.39 is 79.8 Å². The van der Waals surface area contributed by atoms with Crippen LogP contribution in [0.2, 0.25) is 0 Å². The van der Waals surface area contributed by atoms with E-state index in [1.807, 2.05) is 0 Å². The van der Waals surface area contributed by atoms with Gasteiger partial charge >= 0.3 is 17.9 Å². The third-order valence-corrected chi connectivity index (χ3v) is 4.95. The molecule has 0 aliphatic carbocycles. The summed E-state index contributed by atoms with van der Waals surface area (Å²) in [7, 11) is 2.68. The zero-order valence-corrected chi connectivity index (χ0v) is 18.5.